The zero-order chi connectivity index (χ0) is 17.7. The van der Waals surface area contributed by atoms with Crippen molar-refractivity contribution in [2.24, 2.45) is 0 Å². The van der Waals surface area contributed by atoms with Crippen LogP contribution in [0.1, 0.15) is 5.56 Å². The molecule has 0 atom stereocenters. The lowest BCUT2D eigenvalue weighted by Gasteiger charge is -2.09. The Labute approximate surface area is 153 Å². The number of phenols is 1. The molecule has 8 heteroatoms. The average Bonchev–Trinajstić information content (AvgIpc) is 2.53. The zero-order valence-corrected chi connectivity index (χ0v) is 14.5. The van der Waals surface area contributed by atoms with Crippen molar-refractivity contribution in [1.29, 1.82) is 0 Å². The van der Waals surface area contributed by atoms with E-state index in [4.69, 9.17) is 44.6 Å². The summed E-state index contributed by atoms with van der Waals surface area (Å²) in [5, 5.41) is 12.4. The van der Waals surface area contributed by atoms with E-state index < -0.39 is 18.5 Å². The molecule has 126 valence electrons. The molecule has 0 aromatic heterocycles. The molecular weight excluding hydrogens is 377 g/mol. The van der Waals surface area contributed by atoms with Gasteiger partial charge in [-0.2, -0.15) is 0 Å². The Morgan fingerprint density at radius 2 is 1.62 bits per heavy atom. The summed E-state index contributed by atoms with van der Waals surface area (Å²) in [5.74, 6) is -1.03. The molecule has 0 spiro atoms. The van der Waals surface area contributed by atoms with Crippen molar-refractivity contribution >= 4 is 52.4 Å². The summed E-state index contributed by atoms with van der Waals surface area (Å²) in [5.41, 5.74) is 0.927. The highest BCUT2D eigenvalue weighted by Gasteiger charge is 2.12. The van der Waals surface area contributed by atoms with Crippen molar-refractivity contribution in [3.63, 3.8) is 0 Å². The molecule has 0 aliphatic rings. The van der Waals surface area contributed by atoms with Crippen molar-refractivity contribution in [1.82, 2.24) is 0 Å². The number of carbonyl (C=O) groups excluding carboxylic acids is 2. The predicted molar refractivity (Wildman–Crippen MR) is 92.9 cm³/mol. The summed E-state index contributed by atoms with van der Waals surface area (Å²) in [7, 11) is 0. The monoisotopic (exact) mass is 387 g/mol. The predicted octanol–water partition coefficient (Wildman–Crippen LogP) is 4.08. The molecule has 2 rings (SSSR count). The van der Waals surface area contributed by atoms with Crippen molar-refractivity contribution < 1.29 is 19.4 Å². The van der Waals surface area contributed by atoms with Gasteiger partial charge >= 0.3 is 5.97 Å². The second-order valence-electron chi connectivity index (χ2n) is 4.80. The van der Waals surface area contributed by atoms with Crippen LogP contribution in [0.4, 0.5) is 5.69 Å². The van der Waals surface area contributed by atoms with Crippen LogP contribution in [0.2, 0.25) is 15.1 Å². The number of amides is 1. The van der Waals surface area contributed by atoms with Gasteiger partial charge in [-0.3, -0.25) is 9.59 Å². The van der Waals surface area contributed by atoms with Gasteiger partial charge in [-0.1, -0.05) is 46.9 Å². The molecule has 0 aliphatic carbocycles. The number of anilines is 1. The van der Waals surface area contributed by atoms with E-state index in [0.717, 1.165) is 0 Å². The Hall–Kier alpha value is -1.95. The highest BCUT2D eigenvalue weighted by Crippen LogP contribution is 2.32. The highest BCUT2D eigenvalue weighted by atomic mass is 35.5. The van der Waals surface area contributed by atoms with Crippen LogP contribution in [0, 0.1) is 0 Å². The lowest BCUT2D eigenvalue weighted by Crippen LogP contribution is -2.21. The Morgan fingerprint density at radius 3 is 2.29 bits per heavy atom. The Morgan fingerprint density at radius 1 is 1.00 bits per heavy atom. The van der Waals surface area contributed by atoms with Gasteiger partial charge < -0.3 is 15.2 Å². The fourth-order valence-electron chi connectivity index (χ4n) is 1.78. The van der Waals surface area contributed by atoms with Crippen LogP contribution in [-0.4, -0.2) is 23.6 Å². The lowest BCUT2D eigenvalue weighted by atomic mass is 10.1. The number of ether oxygens (including phenoxy) is 1. The van der Waals surface area contributed by atoms with Crippen LogP contribution in [0.15, 0.2) is 36.4 Å². The number of nitrogens with one attached hydrogen (secondary N) is 1. The zero-order valence-electron chi connectivity index (χ0n) is 12.2. The SMILES string of the molecule is O=C(COC(=O)Cc1ccc(O)cc1)Nc1cc(Cl)c(Cl)cc1Cl. The number of rotatable bonds is 5. The third kappa shape index (κ3) is 5.30. The van der Waals surface area contributed by atoms with Crippen molar-refractivity contribution in [2.75, 3.05) is 11.9 Å². The van der Waals surface area contributed by atoms with Crippen LogP contribution in [-0.2, 0) is 20.7 Å². The topological polar surface area (TPSA) is 75.6 Å². The molecule has 0 radical (unpaired) electrons. The van der Waals surface area contributed by atoms with E-state index in [2.05, 4.69) is 5.32 Å². The van der Waals surface area contributed by atoms with Crippen LogP contribution >= 0.6 is 34.8 Å². The minimum absolute atomic E-state index is 0.0128. The summed E-state index contributed by atoms with van der Waals surface area (Å²) < 4.78 is 4.89. The van der Waals surface area contributed by atoms with E-state index in [-0.39, 0.29) is 32.9 Å². The second-order valence-corrected chi connectivity index (χ2v) is 6.02. The molecule has 2 N–H and O–H groups in total. The van der Waals surface area contributed by atoms with E-state index in [1.165, 1.54) is 24.3 Å². The van der Waals surface area contributed by atoms with Gasteiger partial charge in [0.15, 0.2) is 6.61 Å². The molecule has 0 unspecified atom stereocenters. The summed E-state index contributed by atoms with van der Waals surface area (Å²) in [6, 6.07) is 8.90. The standard InChI is InChI=1S/C16H12Cl3NO4/c17-11-6-13(19)14(7-12(11)18)20-15(22)8-24-16(23)5-9-1-3-10(21)4-2-9/h1-4,6-7,21H,5,8H2,(H,20,22). The summed E-state index contributed by atoms with van der Waals surface area (Å²) in [4.78, 5) is 23.5. The summed E-state index contributed by atoms with van der Waals surface area (Å²) >= 11 is 17.6. The number of halogens is 3. The van der Waals surface area contributed by atoms with E-state index in [9.17, 15) is 9.59 Å². The van der Waals surface area contributed by atoms with Gasteiger partial charge in [0.25, 0.3) is 5.91 Å². The van der Waals surface area contributed by atoms with E-state index in [1.54, 1.807) is 12.1 Å². The number of esters is 1. The molecule has 0 saturated carbocycles. The number of hydrogen-bond acceptors (Lipinski definition) is 4. The normalized spacial score (nSPS) is 10.3. The third-order valence-electron chi connectivity index (χ3n) is 2.93. The van der Waals surface area contributed by atoms with Crippen molar-refractivity contribution in [3.8, 4) is 5.75 Å². The molecular formula is C16H12Cl3NO4. The lowest BCUT2D eigenvalue weighted by molar-refractivity contribution is -0.146. The molecule has 0 aliphatic heterocycles. The first-order chi connectivity index (χ1) is 11.3. The average molecular weight is 389 g/mol. The Bertz CT molecular complexity index is 763. The van der Waals surface area contributed by atoms with Gasteiger partial charge in [0.05, 0.1) is 27.2 Å². The van der Waals surface area contributed by atoms with Gasteiger partial charge in [0, 0.05) is 0 Å². The smallest absolute Gasteiger partial charge is 0.310 e. The fraction of sp³-hybridized carbons (Fsp3) is 0.125. The van der Waals surface area contributed by atoms with Crippen LogP contribution < -0.4 is 5.32 Å². The number of phenolic OH excluding ortho intramolecular Hbond substituents is 1. The number of carbonyl (C=O) groups is 2. The van der Waals surface area contributed by atoms with Gasteiger partial charge in [0.1, 0.15) is 5.75 Å². The molecule has 24 heavy (non-hydrogen) atoms. The van der Waals surface area contributed by atoms with Crippen molar-refractivity contribution in [2.45, 2.75) is 6.42 Å². The summed E-state index contributed by atoms with van der Waals surface area (Å²) in [6.07, 6.45) is -0.0128. The maximum Gasteiger partial charge on any atom is 0.310 e. The third-order valence-corrected chi connectivity index (χ3v) is 3.97. The first-order valence-electron chi connectivity index (χ1n) is 6.73. The molecule has 0 heterocycles. The first kappa shape index (κ1) is 18.4. The van der Waals surface area contributed by atoms with Crippen LogP contribution in [0.25, 0.3) is 0 Å². The number of benzene rings is 2. The van der Waals surface area contributed by atoms with Crippen LogP contribution in [0.3, 0.4) is 0 Å². The van der Waals surface area contributed by atoms with Gasteiger partial charge in [-0.05, 0) is 29.8 Å². The van der Waals surface area contributed by atoms with Gasteiger partial charge in [0.2, 0.25) is 0 Å². The largest absolute Gasteiger partial charge is 0.508 e. The maximum absolute atomic E-state index is 11.8. The molecule has 2 aromatic rings. The second kappa shape index (κ2) is 8.24. The van der Waals surface area contributed by atoms with Crippen LogP contribution in [0.5, 0.6) is 5.75 Å². The molecule has 5 nitrogen and oxygen atoms in total. The molecule has 1 amide bonds. The number of aromatic hydroxyl groups is 1. The number of hydrogen-bond donors (Lipinski definition) is 2. The van der Waals surface area contributed by atoms with Gasteiger partial charge in [-0.15, -0.1) is 0 Å². The maximum atomic E-state index is 11.8. The minimum atomic E-state index is -0.573. The summed E-state index contributed by atoms with van der Waals surface area (Å²) in [6.45, 7) is -0.465. The first-order valence-corrected chi connectivity index (χ1v) is 7.86. The molecule has 0 fully saturated rings. The van der Waals surface area contributed by atoms with Crippen molar-refractivity contribution in [3.05, 3.63) is 57.0 Å². The molecule has 0 saturated heterocycles. The quantitative estimate of drug-likeness (QED) is 0.598. The van der Waals surface area contributed by atoms with E-state index in [1.807, 2.05) is 0 Å². The Balaban J connectivity index is 1.85. The van der Waals surface area contributed by atoms with Gasteiger partial charge in [-0.25, -0.2) is 0 Å². The Kier molecular flexibility index (Phi) is 6.31. The molecule has 0 bridgehead atoms. The molecule has 2 aromatic carbocycles. The fourth-order valence-corrected chi connectivity index (χ4v) is 2.38. The van der Waals surface area contributed by atoms with E-state index in [0.29, 0.717) is 5.56 Å². The minimum Gasteiger partial charge on any atom is -0.508 e. The van der Waals surface area contributed by atoms with E-state index >= 15 is 0 Å². The highest BCUT2D eigenvalue weighted by molar-refractivity contribution is 6.44.